The van der Waals surface area contributed by atoms with Gasteiger partial charge in [-0.05, 0) is 25.5 Å². The van der Waals surface area contributed by atoms with Gasteiger partial charge in [-0.2, -0.15) is 5.10 Å². The SMILES string of the molecule is Cc1[nH]ncc1S(=O)(=O)N1CCCNc2ccccc21. The molecular formula is C13H16N4O2S. The molecule has 1 aliphatic heterocycles. The molecule has 1 aromatic carbocycles. The Balaban J connectivity index is 2.12. The van der Waals surface area contributed by atoms with E-state index in [4.69, 9.17) is 0 Å². The molecule has 6 nitrogen and oxygen atoms in total. The van der Waals surface area contributed by atoms with Gasteiger partial charge >= 0.3 is 0 Å². The fourth-order valence-corrected chi connectivity index (χ4v) is 4.02. The lowest BCUT2D eigenvalue weighted by molar-refractivity contribution is 0.590. The number of fused-ring (bicyclic) bond motifs is 1. The minimum atomic E-state index is -3.59. The average Bonchev–Trinajstić information content (AvgIpc) is 2.75. The highest BCUT2D eigenvalue weighted by molar-refractivity contribution is 7.92. The Kier molecular flexibility index (Phi) is 3.13. The molecule has 2 aromatic rings. The van der Waals surface area contributed by atoms with Crippen molar-refractivity contribution in [1.82, 2.24) is 10.2 Å². The molecule has 0 spiro atoms. The van der Waals surface area contributed by atoms with E-state index in [-0.39, 0.29) is 4.90 Å². The maximum atomic E-state index is 12.8. The number of rotatable bonds is 2. The molecule has 0 atom stereocenters. The summed E-state index contributed by atoms with van der Waals surface area (Å²) in [7, 11) is -3.59. The van der Waals surface area contributed by atoms with Crippen LogP contribution in [0, 0.1) is 6.92 Å². The summed E-state index contributed by atoms with van der Waals surface area (Å²) < 4.78 is 27.1. The number of hydrogen-bond donors (Lipinski definition) is 2. The number of anilines is 2. The summed E-state index contributed by atoms with van der Waals surface area (Å²) in [6.45, 7) is 2.92. The van der Waals surface area contributed by atoms with E-state index in [0.717, 1.165) is 18.7 Å². The second kappa shape index (κ2) is 4.82. The van der Waals surface area contributed by atoms with E-state index in [9.17, 15) is 8.42 Å². The van der Waals surface area contributed by atoms with E-state index in [0.29, 0.717) is 17.9 Å². The first-order valence-corrected chi connectivity index (χ1v) is 7.90. The van der Waals surface area contributed by atoms with Crippen molar-refractivity contribution in [3.63, 3.8) is 0 Å². The van der Waals surface area contributed by atoms with E-state index in [1.807, 2.05) is 24.3 Å². The Morgan fingerprint density at radius 2 is 2.10 bits per heavy atom. The summed E-state index contributed by atoms with van der Waals surface area (Å²) in [5.74, 6) is 0. The van der Waals surface area contributed by atoms with Crippen LogP contribution in [0.25, 0.3) is 0 Å². The summed E-state index contributed by atoms with van der Waals surface area (Å²) in [6, 6.07) is 7.45. The van der Waals surface area contributed by atoms with Gasteiger partial charge in [-0.1, -0.05) is 12.1 Å². The van der Waals surface area contributed by atoms with E-state index < -0.39 is 10.0 Å². The highest BCUT2D eigenvalue weighted by Crippen LogP contribution is 2.32. The first-order valence-electron chi connectivity index (χ1n) is 6.46. The third-order valence-corrected chi connectivity index (χ3v) is 5.30. The van der Waals surface area contributed by atoms with E-state index >= 15 is 0 Å². The molecule has 0 amide bonds. The molecular weight excluding hydrogens is 276 g/mol. The van der Waals surface area contributed by atoms with Gasteiger partial charge in [-0.3, -0.25) is 9.40 Å². The van der Waals surface area contributed by atoms with Gasteiger partial charge < -0.3 is 5.32 Å². The second-order valence-electron chi connectivity index (χ2n) is 4.73. The molecule has 1 aromatic heterocycles. The monoisotopic (exact) mass is 292 g/mol. The van der Waals surface area contributed by atoms with E-state index in [1.165, 1.54) is 10.5 Å². The number of aromatic nitrogens is 2. The molecule has 20 heavy (non-hydrogen) atoms. The van der Waals surface area contributed by atoms with Crippen LogP contribution in [0.1, 0.15) is 12.1 Å². The van der Waals surface area contributed by atoms with Crippen molar-refractivity contribution in [1.29, 1.82) is 0 Å². The predicted molar refractivity (Wildman–Crippen MR) is 77.4 cm³/mol. The summed E-state index contributed by atoms with van der Waals surface area (Å²) in [4.78, 5) is 0.231. The molecule has 0 unspecified atom stereocenters. The third-order valence-electron chi connectivity index (χ3n) is 3.38. The number of H-pyrrole nitrogens is 1. The quantitative estimate of drug-likeness (QED) is 0.883. The number of para-hydroxylation sites is 2. The maximum absolute atomic E-state index is 12.8. The average molecular weight is 292 g/mol. The highest BCUT2D eigenvalue weighted by atomic mass is 32.2. The number of sulfonamides is 1. The van der Waals surface area contributed by atoms with Crippen molar-refractivity contribution >= 4 is 21.4 Å². The van der Waals surface area contributed by atoms with Crippen LogP contribution in [0.3, 0.4) is 0 Å². The van der Waals surface area contributed by atoms with Gasteiger partial charge in [0, 0.05) is 13.1 Å². The molecule has 0 aliphatic carbocycles. The van der Waals surface area contributed by atoms with Crippen LogP contribution >= 0.6 is 0 Å². The van der Waals surface area contributed by atoms with Crippen molar-refractivity contribution in [3.8, 4) is 0 Å². The van der Waals surface area contributed by atoms with Crippen LogP contribution in [-0.2, 0) is 10.0 Å². The van der Waals surface area contributed by atoms with Crippen molar-refractivity contribution < 1.29 is 8.42 Å². The van der Waals surface area contributed by atoms with Gasteiger partial charge in [0.05, 0.1) is 23.3 Å². The Labute approximate surface area is 117 Å². The molecule has 1 aliphatic rings. The first kappa shape index (κ1) is 13.0. The van der Waals surface area contributed by atoms with Gasteiger partial charge in [0.2, 0.25) is 0 Å². The van der Waals surface area contributed by atoms with Crippen LogP contribution in [0.15, 0.2) is 35.4 Å². The molecule has 106 valence electrons. The number of aromatic amines is 1. The Hall–Kier alpha value is -2.02. The maximum Gasteiger partial charge on any atom is 0.267 e. The Morgan fingerprint density at radius 3 is 2.85 bits per heavy atom. The van der Waals surface area contributed by atoms with Gasteiger partial charge in [0.1, 0.15) is 4.90 Å². The molecule has 0 fully saturated rings. The summed E-state index contributed by atoms with van der Waals surface area (Å²) in [6.07, 6.45) is 2.12. The lowest BCUT2D eigenvalue weighted by atomic mass is 10.2. The lowest BCUT2D eigenvalue weighted by Gasteiger charge is -2.23. The van der Waals surface area contributed by atoms with Crippen molar-refractivity contribution in [2.24, 2.45) is 0 Å². The number of aryl methyl sites for hydroxylation is 1. The number of nitrogens with one attached hydrogen (secondary N) is 2. The Morgan fingerprint density at radius 1 is 1.30 bits per heavy atom. The number of benzene rings is 1. The van der Waals surface area contributed by atoms with E-state index in [2.05, 4.69) is 15.5 Å². The van der Waals surface area contributed by atoms with Gasteiger partial charge in [0.25, 0.3) is 10.0 Å². The highest BCUT2D eigenvalue weighted by Gasteiger charge is 2.30. The smallest absolute Gasteiger partial charge is 0.267 e. The number of hydrogen-bond acceptors (Lipinski definition) is 4. The van der Waals surface area contributed by atoms with E-state index in [1.54, 1.807) is 6.92 Å². The topological polar surface area (TPSA) is 78.1 Å². The van der Waals surface area contributed by atoms with Crippen molar-refractivity contribution in [2.75, 3.05) is 22.7 Å². The zero-order valence-corrected chi connectivity index (χ0v) is 11.9. The van der Waals surface area contributed by atoms with Crippen LogP contribution < -0.4 is 9.62 Å². The first-order chi connectivity index (χ1) is 9.60. The minimum absolute atomic E-state index is 0.231. The summed E-state index contributed by atoms with van der Waals surface area (Å²) >= 11 is 0. The fourth-order valence-electron chi connectivity index (χ4n) is 2.37. The van der Waals surface area contributed by atoms with Crippen molar-refractivity contribution in [3.05, 3.63) is 36.2 Å². The molecule has 2 heterocycles. The Bertz CT molecular complexity index is 723. The fraction of sp³-hybridized carbons (Fsp3) is 0.308. The van der Waals surface area contributed by atoms with Gasteiger partial charge in [-0.25, -0.2) is 8.42 Å². The standard InChI is InChI=1S/C13H16N4O2S/c1-10-13(9-15-16-10)20(18,19)17-8-4-7-14-11-5-2-3-6-12(11)17/h2-3,5-6,9,14H,4,7-8H2,1H3,(H,15,16). The lowest BCUT2D eigenvalue weighted by Crippen LogP contribution is -2.31. The predicted octanol–water partition coefficient (Wildman–Crippen LogP) is 1.73. The normalized spacial score (nSPS) is 15.3. The molecule has 0 saturated carbocycles. The van der Waals surface area contributed by atoms with Gasteiger partial charge in [-0.15, -0.1) is 0 Å². The van der Waals surface area contributed by atoms with Crippen LogP contribution in [0.4, 0.5) is 11.4 Å². The van der Waals surface area contributed by atoms with Crippen LogP contribution in [-0.4, -0.2) is 31.7 Å². The molecule has 7 heteroatoms. The zero-order valence-electron chi connectivity index (χ0n) is 11.1. The molecule has 2 N–H and O–H groups in total. The molecule has 3 rings (SSSR count). The molecule has 0 saturated heterocycles. The van der Waals surface area contributed by atoms with Crippen LogP contribution in [0.5, 0.6) is 0 Å². The molecule has 0 bridgehead atoms. The second-order valence-corrected chi connectivity index (χ2v) is 6.56. The largest absolute Gasteiger partial charge is 0.383 e. The van der Waals surface area contributed by atoms with Gasteiger partial charge in [0.15, 0.2) is 0 Å². The molecule has 0 radical (unpaired) electrons. The summed E-state index contributed by atoms with van der Waals surface area (Å²) in [5, 5.41) is 9.76. The minimum Gasteiger partial charge on any atom is -0.383 e. The summed E-state index contributed by atoms with van der Waals surface area (Å²) in [5.41, 5.74) is 2.08. The van der Waals surface area contributed by atoms with Crippen molar-refractivity contribution in [2.45, 2.75) is 18.2 Å². The number of nitrogens with zero attached hydrogens (tertiary/aromatic N) is 2. The van der Waals surface area contributed by atoms with Crippen LogP contribution in [0.2, 0.25) is 0 Å². The zero-order chi connectivity index (χ0) is 14.2. The third kappa shape index (κ3) is 2.03.